The molecule has 2 aromatic carbocycles. The molecule has 3 rings (SSSR count). The van der Waals surface area contributed by atoms with Gasteiger partial charge in [-0.15, -0.1) is 0 Å². The average Bonchev–Trinajstić information content (AvgIpc) is 2.60. The number of rotatable bonds is 4. The summed E-state index contributed by atoms with van der Waals surface area (Å²) in [5, 5.41) is 0. The number of benzene rings is 2. The zero-order valence-corrected chi connectivity index (χ0v) is 14.7. The molecule has 0 aliphatic carbocycles. The molecular formula is C21H20F3NO. The van der Waals surface area contributed by atoms with Gasteiger partial charge in [0.1, 0.15) is 5.41 Å². The van der Waals surface area contributed by atoms with E-state index < -0.39 is 11.6 Å². The summed E-state index contributed by atoms with van der Waals surface area (Å²) in [7, 11) is 0. The Morgan fingerprint density at radius 2 is 1.85 bits per heavy atom. The van der Waals surface area contributed by atoms with Crippen molar-refractivity contribution in [2.45, 2.75) is 38.3 Å². The van der Waals surface area contributed by atoms with E-state index in [0.717, 1.165) is 6.21 Å². The number of ketones is 1. The molecule has 1 heterocycles. The average molecular weight is 359 g/mol. The van der Waals surface area contributed by atoms with Gasteiger partial charge in [-0.3, -0.25) is 9.79 Å². The first-order valence-corrected chi connectivity index (χ1v) is 8.56. The number of hydrogen-bond donors (Lipinski definition) is 0. The minimum atomic E-state index is -4.49. The molecule has 0 N–H and O–H groups in total. The Morgan fingerprint density at radius 3 is 2.46 bits per heavy atom. The van der Waals surface area contributed by atoms with Gasteiger partial charge >= 0.3 is 6.18 Å². The van der Waals surface area contributed by atoms with Gasteiger partial charge < -0.3 is 0 Å². The fourth-order valence-corrected chi connectivity index (χ4v) is 3.29. The second-order valence-corrected chi connectivity index (χ2v) is 7.13. The SMILES string of the molecule is CC(C)CC(=O)c1ccc2c(c1)C[C@](c1ccccc1)(C(F)(F)F)C=N2. The zero-order chi connectivity index (χ0) is 18.9. The first kappa shape index (κ1) is 18.4. The molecule has 2 aromatic rings. The van der Waals surface area contributed by atoms with Gasteiger partial charge in [-0.2, -0.15) is 13.2 Å². The molecule has 5 heteroatoms. The van der Waals surface area contributed by atoms with Crippen LogP contribution in [0.1, 0.15) is 41.8 Å². The third-order valence-electron chi connectivity index (χ3n) is 4.68. The molecule has 1 atom stereocenters. The van der Waals surface area contributed by atoms with E-state index in [9.17, 15) is 18.0 Å². The lowest BCUT2D eigenvalue weighted by Gasteiger charge is -2.35. The summed E-state index contributed by atoms with van der Waals surface area (Å²) in [5.74, 6) is 0.129. The highest BCUT2D eigenvalue weighted by molar-refractivity contribution is 5.97. The molecule has 0 bridgehead atoms. The van der Waals surface area contributed by atoms with Crippen LogP contribution in [0.15, 0.2) is 53.5 Å². The summed E-state index contributed by atoms with van der Waals surface area (Å²) in [6.07, 6.45) is -3.39. The standard InChI is InChI=1S/C21H20F3NO/c1-14(2)10-19(26)15-8-9-18-16(11-15)12-20(13-25-18,21(22,23)24)17-6-4-3-5-7-17/h3-9,11,13-14H,10,12H2,1-2H3/t20-/m0/s1. The molecule has 26 heavy (non-hydrogen) atoms. The molecule has 0 saturated heterocycles. The first-order valence-electron chi connectivity index (χ1n) is 8.56. The summed E-state index contributed by atoms with van der Waals surface area (Å²) >= 11 is 0. The van der Waals surface area contributed by atoms with Gasteiger partial charge in [-0.1, -0.05) is 44.2 Å². The normalized spacial score (nSPS) is 19.5. The van der Waals surface area contributed by atoms with E-state index >= 15 is 0 Å². The molecule has 2 nitrogen and oxygen atoms in total. The first-order chi connectivity index (χ1) is 12.2. The van der Waals surface area contributed by atoms with Crippen molar-refractivity contribution in [2.24, 2.45) is 10.9 Å². The molecule has 0 radical (unpaired) electrons. The monoisotopic (exact) mass is 359 g/mol. The van der Waals surface area contributed by atoms with Crippen LogP contribution in [-0.4, -0.2) is 18.2 Å². The highest BCUT2D eigenvalue weighted by Gasteiger charge is 2.56. The number of fused-ring (bicyclic) bond motifs is 1. The molecule has 0 fully saturated rings. The van der Waals surface area contributed by atoms with Gasteiger partial charge in [0.25, 0.3) is 0 Å². The van der Waals surface area contributed by atoms with E-state index in [1.807, 2.05) is 13.8 Å². The summed E-state index contributed by atoms with van der Waals surface area (Å²) < 4.78 is 42.1. The van der Waals surface area contributed by atoms with Gasteiger partial charge in [-0.05, 0) is 41.7 Å². The van der Waals surface area contributed by atoms with E-state index in [0.29, 0.717) is 23.2 Å². The Labute approximate surface area is 150 Å². The molecule has 0 saturated carbocycles. The Kier molecular flexibility index (Phi) is 4.74. The topological polar surface area (TPSA) is 29.4 Å². The summed E-state index contributed by atoms with van der Waals surface area (Å²) in [6, 6.07) is 12.7. The van der Waals surface area contributed by atoms with Crippen molar-refractivity contribution in [2.75, 3.05) is 0 Å². The number of carbonyl (C=O) groups is 1. The second kappa shape index (κ2) is 6.71. The van der Waals surface area contributed by atoms with Crippen LogP contribution in [0, 0.1) is 5.92 Å². The van der Waals surface area contributed by atoms with Crippen molar-refractivity contribution in [3.8, 4) is 0 Å². The Balaban J connectivity index is 2.05. The summed E-state index contributed by atoms with van der Waals surface area (Å²) in [5.41, 5.74) is -0.647. The van der Waals surface area contributed by atoms with Crippen LogP contribution in [0.25, 0.3) is 0 Å². The van der Waals surface area contributed by atoms with E-state index in [4.69, 9.17) is 0 Å². The molecule has 1 aliphatic heterocycles. The van der Waals surface area contributed by atoms with Crippen LogP contribution in [0.5, 0.6) is 0 Å². The second-order valence-electron chi connectivity index (χ2n) is 7.13. The van der Waals surface area contributed by atoms with Crippen molar-refractivity contribution in [3.63, 3.8) is 0 Å². The smallest absolute Gasteiger partial charge is 0.294 e. The van der Waals surface area contributed by atoms with E-state index in [1.54, 1.807) is 36.4 Å². The predicted octanol–water partition coefficient (Wildman–Crippen LogP) is 5.67. The molecule has 1 aliphatic rings. The molecule has 0 unspecified atom stereocenters. The molecule has 0 aromatic heterocycles. The fourth-order valence-electron chi connectivity index (χ4n) is 3.29. The quantitative estimate of drug-likeness (QED) is 0.646. The lowest BCUT2D eigenvalue weighted by atomic mass is 9.74. The van der Waals surface area contributed by atoms with Gasteiger partial charge in [0, 0.05) is 18.2 Å². The lowest BCUT2D eigenvalue weighted by Crippen LogP contribution is -2.47. The van der Waals surface area contributed by atoms with E-state index in [1.165, 1.54) is 12.1 Å². The largest absolute Gasteiger partial charge is 0.403 e. The third kappa shape index (κ3) is 3.30. The maximum atomic E-state index is 14.0. The Morgan fingerprint density at radius 1 is 1.15 bits per heavy atom. The summed E-state index contributed by atoms with van der Waals surface area (Å²) in [6.45, 7) is 3.87. The van der Waals surface area contributed by atoms with E-state index in [2.05, 4.69) is 4.99 Å². The van der Waals surface area contributed by atoms with Gasteiger partial charge in [-0.25, -0.2) is 0 Å². The number of hydrogen-bond acceptors (Lipinski definition) is 2. The van der Waals surface area contributed by atoms with Crippen LogP contribution >= 0.6 is 0 Å². The number of Topliss-reactive ketones (excluding diaryl/α,β-unsaturated/α-hetero) is 1. The highest BCUT2D eigenvalue weighted by Crippen LogP contribution is 2.46. The van der Waals surface area contributed by atoms with Crippen LogP contribution in [0.2, 0.25) is 0 Å². The maximum absolute atomic E-state index is 14.0. The van der Waals surface area contributed by atoms with Crippen molar-refractivity contribution in [1.82, 2.24) is 0 Å². The molecular weight excluding hydrogens is 339 g/mol. The van der Waals surface area contributed by atoms with Crippen molar-refractivity contribution >= 4 is 17.7 Å². The van der Waals surface area contributed by atoms with Crippen LogP contribution in [0.4, 0.5) is 18.9 Å². The fraction of sp³-hybridized carbons (Fsp3) is 0.333. The molecule has 0 spiro atoms. The van der Waals surface area contributed by atoms with Crippen molar-refractivity contribution < 1.29 is 18.0 Å². The van der Waals surface area contributed by atoms with Crippen molar-refractivity contribution in [3.05, 3.63) is 65.2 Å². The van der Waals surface area contributed by atoms with Crippen molar-refractivity contribution in [1.29, 1.82) is 0 Å². The summed E-state index contributed by atoms with van der Waals surface area (Å²) in [4.78, 5) is 16.4. The molecule has 136 valence electrons. The number of carbonyl (C=O) groups excluding carboxylic acids is 1. The number of halogens is 3. The van der Waals surface area contributed by atoms with Gasteiger partial charge in [0.15, 0.2) is 5.78 Å². The maximum Gasteiger partial charge on any atom is 0.403 e. The van der Waals surface area contributed by atoms with Crippen LogP contribution in [-0.2, 0) is 11.8 Å². The lowest BCUT2D eigenvalue weighted by molar-refractivity contribution is -0.168. The number of aliphatic imine (C=N–C) groups is 1. The number of alkyl halides is 3. The van der Waals surface area contributed by atoms with Crippen LogP contribution in [0.3, 0.4) is 0 Å². The third-order valence-corrected chi connectivity index (χ3v) is 4.68. The predicted molar refractivity (Wildman–Crippen MR) is 96.3 cm³/mol. The van der Waals surface area contributed by atoms with Gasteiger partial charge in [0.2, 0.25) is 0 Å². The Bertz CT molecular complexity index is 840. The van der Waals surface area contributed by atoms with Gasteiger partial charge in [0.05, 0.1) is 5.69 Å². The minimum Gasteiger partial charge on any atom is -0.294 e. The molecule has 0 amide bonds. The Hall–Kier alpha value is -2.43. The zero-order valence-electron chi connectivity index (χ0n) is 14.7. The van der Waals surface area contributed by atoms with E-state index in [-0.39, 0.29) is 23.7 Å². The highest BCUT2D eigenvalue weighted by atomic mass is 19.4. The number of nitrogens with zero attached hydrogens (tertiary/aromatic N) is 1. The van der Waals surface area contributed by atoms with Crippen LogP contribution < -0.4 is 0 Å². The minimum absolute atomic E-state index is 0.0605.